The molecule has 1 aromatic rings. The number of anilines is 1. The fourth-order valence-corrected chi connectivity index (χ4v) is 1.22. The number of carbonyl (C=O) groups is 1. The highest BCUT2D eigenvalue weighted by atomic mass is 79.9. The van der Waals surface area contributed by atoms with Crippen molar-refractivity contribution >= 4 is 27.7 Å². The van der Waals surface area contributed by atoms with Gasteiger partial charge in [-0.1, -0.05) is 0 Å². The summed E-state index contributed by atoms with van der Waals surface area (Å²) in [5, 5.41) is 2.99. The summed E-state index contributed by atoms with van der Waals surface area (Å²) in [5.41, 5.74) is 4.98. The van der Waals surface area contributed by atoms with Crippen molar-refractivity contribution in [3.05, 3.63) is 22.8 Å². The largest absolute Gasteiger partial charge is 0.370 e. The first-order valence-electron chi connectivity index (χ1n) is 3.83. The monoisotopic (exact) mass is 243 g/mol. The molecule has 0 saturated heterocycles. The number of hydrogen-bond acceptors (Lipinski definition) is 3. The van der Waals surface area contributed by atoms with E-state index in [2.05, 4.69) is 26.2 Å². The quantitative estimate of drug-likeness (QED) is 0.834. The molecule has 0 aliphatic carbocycles. The van der Waals surface area contributed by atoms with E-state index in [0.29, 0.717) is 13.0 Å². The third-order valence-electron chi connectivity index (χ3n) is 1.42. The van der Waals surface area contributed by atoms with Crippen LogP contribution in [0.4, 0.5) is 5.82 Å². The molecule has 5 heteroatoms. The maximum Gasteiger partial charge on any atom is 0.219 e. The Morgan fingerprint density at radius 1 is 1.69 bits per heavy atom. The van der Waals surface area contributed by atoms with E-state index in [0.717, 1.165) is 10.3 Å². The zero-order valence-corrected chi connectivity index (χ0v) is 8.54. The van der Waals surface area contributed by atoms with Crippen molar-refractivity contribution in [3.8, 4) is 0 Å². The molecule has 1 rings (SSSR count). The Kier molecular flexibility index (Phi) is 3.70. The molecule has 0 saturated carbocycles. The highest BCUT2D eigenvalue weighted by molar-refractivity contribution is 9.10. The first kappa shape index (κ1) is 9.98. The molecular formula is C8H10BrN3O. The molecule has 0 radical (unpaired) electrons. The number of nitrogens with zero attached hydrogens (tertiary/aromatic N) is 1. The van der Waals surface area contributed by atoms with Gasteiger partial charge in [-0.3, -0.25) is 4.79 Å². The van der Waals surface area contributed by atoms with Crippen molar-refractivity contribution in [1.29, 1.82) is 0 Å². The maximum absolute atomic E-state index is 10.4. The third-order valence-corrected chi connectivity index (χ3v) is 2.06. The smallest absolute Gasteiger partial charge is 0.219 e. The first-order valence-corrected chi connectivity index (χ1v) is 4.62. The predicted octanol–water partition coefficient (Wildman–Crippen LogP) is 1.13. The SMILES string of the molecule is NC(=O)CCNc1ncccc1Br. The second-order valence-corrected chi connectivity index (χ2v) is 3.33. The van der Waals surface area contributed by atoms with Crippen molar-refractivity contribution in [2.75, 3.05) is 11.9 Å². The second-order valence-electron chi connectivity index (χ2n) is 2.48. The van der Waals surface area contributed by atoms with Crippen molar-refractivity contribution in [2.24, 2.45) is 5.73 Å². The molecule has 0 spiro atoms. The lowest BCUT2D eigenvalue weighted by Crippen LogP contribution is -2.16. The minimum atomic E-state index is -0.320. The average Bonchev–Trinajstić information content (AvgIpc) is 2.08. The van der Waals surface area contributed by atoms with Gasteiger partial charge in [0.25, 0.3) is 0 Å². The molecule has 1 aromatic heterocycles. The van der Waals surface area contributed by atoms with Gasteiger partial charge in [-0.15, -0.1) is 0 Å². The summed E-state index contributed by atoms with van der Waals surface area (Å²) in [6, 6.07) is 3.70. The van der Waals surface area contributed by atoms with E-state index >= 15 is 0 Å². The van der Waals surface area contributed by atoms with Crippen LogP contribution in [0.1, 0.15) is 6.42 Å². The van der Waals surface area contributed by atoms with Gasteiger partial charge in [-0.25, -0.2) is 4.98 Å². The lowest BCUT2D eigenvalue weighted by molar-refractivity contribution is -0.117. The zero-order valence-electron chi connectivity index (χ0n) is 6.96. The second kappa shape index (κ2) is 4.81. The summed E-state index contributed by atoms with van der Waals surface area (Å²) in [4.78, 5) is 14.5. The van der Waals surface area contributed by atoms with E-state index in [9.17, 15) is 4.79 Å². The van der Waals surface area contributed by atoms with E-state index in [4.69, 9.17) is 5.73 Å². The van der Waals surface area contributed by atoms with Gasteiger partial charge in [0.2, 0.25) is 5.91 Å². The number of amides is 1. The molecular weight excluding hydrogens is 234 g/mol. The Morgan fingerprint density at radius 3 is 3.08 bits per heavy atom. The Bertz CT molecular complexity index is 303. The molecule has 0 aromatic carbocycles. The van der Waals surface area contributed by atoms with Crippen LogP contribution >= 0.6 is 15.9 Å². The summed E-state index contributed by atoms with van der Waals surface area (Å²) >= 11 is 3.32. The Balaban J connectivity index is 2.45. The molecule has 0 aliphatic heterocycles. The molecule has 3 N–H and O–H groups in total. The normalized spacial score (nSPS) is 9.62. The van der Waals surface area contributed by atoms with Crippen LogP contribution in [-0.2, 0) is 4.79 Å². The van der Waals surface area contributed by atoms with Gasteiger partial charge < -0.3 is 11.1 Å². The van der Waals surface area contributed by atoms with Crippen LogP contribution in [-0.4, -0.2) is 17.4 Å². The van der Waals surface area contributed by atoms with Crippen LogP contribution in [0.5, 0.6) is 0 Å². The van der Waals surface area contributed by atoms with E-state index in [1.54, 1.807) is 6.20 Å². The third kappa shape index (κ3) is 3.42. The van der Waals surface area contributed by atoms with Gasteiger partial charge in [0.1, 0.15) is 5.82 Å². The summed E-state index contributed by atoms with van der Waals surface area (Å²) in [6.45, 7) is 0.505. The van der Waals surface area contributed by atoms with E-state index in [1.807, 2.05) is 12.1 Å². The average molecular weight is 244 g/mol. The fourth-order valence-electron chi connectivity index (χ4n) is 0.820. The highest BCUT2D eigenvalue weighted by Gasteiger charge is 1.99. The van der Waals surface area contributed by atoms with Crippen LogP contribution in [0.3, 0.4) is 0 Å². The van der Waals surface area contributed by atoms with Gasteiger partial charge in [0, 0.05) is 19.2 Å². The van der Waals surface area contributed by atoms with Gasteiger partial charge in [-0.2, -0.15) is 0 Å². The van der Waals surface area contributed by atoms with Crippen molar-refractivity contribution in [2.45, 2.75) is 6.42 Å². The molecule has 1 heterocycles. The molecule has 70 valence electrons. The molecule has 13 heavy (non-hydrogen) atoms. The summed E-state index contributed by atoms with van der Waals surface area (Å²) in [5.74, 6) is 0.406. The Labute approximate surface area is 84.7 Å². The van der Waals surface area contributed by atoms with E-state index in [-0.39, 0.29) is 5.91 Å². The summed E-state index contributed by atoms with van der Waals surface area (Å²) in [6.07, 6.45) is 1.99. The fraction of sp³-hybridized carbons (Fsp3) is 0.250. The lowest BCUT2D eigenvalue weighted by Gasteiger charge is -2.04. The lowest BCUT2D eigenvalue weighted by atomic mass is 10.4. The highest BCUT2D eigenvalue weighted by Crippen LogP contribution is 2.17. The number of halogens is 1. The number of nitrogens with one attached hydrogen (secondary N) is 1. The van der Waals surface area contributed by atoms with Crippen LogP contribution in [0.15, 0.2) is 22.8 Å². The molecule has 0 atom stereocenters. The van der Waals surface area contributed by atoms with Gasteiger partial charge in [0.05, 0.1) is 4.47 Å². The van der Waals surface area contributed by atoms with Gasteiger partial charge in [0.15, 0.2) is 0 Å². The molecule has 0 bridgehead atoms. The van der Waals surface area contributed by atoms with Crippen molar-refractivity contribution in [3.63, 3.8) is 0 Å². The molecule has 1 amide bonds. The zero-order chi connectivity index (χ0) is 9.68. The minimum Gasteiger partial charge on any atom is -0.370 e. The number of aromatic nitrogens is 1. The van der Waals surface area contributed by atoms with E-state index < -0.39 is 0 Å². The number of carbonyl (C=O) groups excluding carboxylic acids is 1. The van der Waals surface area contributed by atoms with Crippen molar-refractivity contribution < 1.29 is 4.79 Å². The number of rotatable bonds is 4. The molecule has 0 aliphatic rings. The number of primary amides is 1. The standard InChI is InChI=1S/C8H10BrN3O/c9-6-2-1-4-11-8(6)12-5-3-7(10)13/h1-2,4H,3,5H2,(H2,10,13)(H,11,12). The van der Waals surface area contributed by atoms with Crippen LogP contribution in [0.2, 0.25) is 0 Å². The van der Waals surface area contributed by atoms with Crippen LogP contribution in [0, 0.1) is 0 Å². The molecule has 0 fully saturated rings. The summed E-state index contributed by atoms with van der Waals surface area (Å²) in [7, 11) is 0. The van der Waals surface area contributed by atoms with Crippen molar-refractivity contribution in [1.82, 2.24) is 4.98 Å². The number of pyridine rings is 1. The Morgan fingerprint density at radius 2 is 2.46 bits per heavy atom. The van der Waals surface area contributed by atoms with Gasteiger partial charge in [-0.05, 0) is 28.1 Å². The van der Waals surface area contributed by atoms with Crippen LogP contribution < -0.4 is 11.1 Å². The maximum atomic E-state index is 10.4. The Hall–Kier alpha value is -1.10. The minimum absolute atomic E-state index is 0.309. The van der Waals surface area contributed by atoms with Crippen LogP contribution in [0.25, 0.3) is 0 Å². The van der Waals surface area contributed by atoms with Gasteiger partial charge >= 0.3 is 0 Å². The molecule has 0 unspecified atom stereocenters. The first-order chi connectivity index (χ1) is 6.20. The predicted molar refractivity (Wildman–Crippen MR) is 54.2 cm³/mol. The number of nitrogens with two attached hydrogens (primary N) is 1. The number of hydrogen-bond donors (Lipinski definition) is 2. The topological polar surface area (TPSA) is 68.0 Å². The summed E-state index contributed by atoms with van der Waals surface area (Å²) < 4.78 is 0.875. The molecule has 4 nitrogen and oxygen atoms in total. The van der Waals surface area contributed by atoms with E-state index in [1.165, 1.54) is 0 Å².